The molecule has 0 N–H and O–H groups in total. The number of fused-ring (bicyclic) bond motifs is 1. The Morgan fingerprint density at radius 2 is 1.61 bits per heavy atom. The van der Waals surface area contributed by atoms with E-state index in [-0.39, 0.29) is 21.4 Å². The second kappa shape index (κ2) is 6.02. The highest BCUT2D eigenvalue weighted by Gasteiger charge is 2.49. The van der Waals surface area contributed by atoms with Gasteiger partial charge < -0.3 is 4.42 Å². The molecule has 1 fully saturated rings. The number of nitrogens with zero attached hydrogens (tertiary/aromatic N) is 1. The molecule has 2 heterocycles. The van der Waals surface area contributed by atoms with Crippen LogP contribution in [0.4, 0.5) is 22.0 Å². The fourth-order valence-corrected chi connectivity index (χ4v) is 4.56. The van der Waals surface area contributed by atoms with Gasteiger partial charge >= 0.3 is 6.18 Å². The van der Waals surface area contributed by atoms with E-state index < -0.39 is 40.8 Å². The maximum absolute atomic E-state index is 13.3. The summed E-state index contributed by atoms with van der Waals surface area (Å²) in [7, 11) is -4.07. The van der Waals surface area contributed by atoms with Gasteiger partial charge in [0.1, 0.15) is 5.58 Å². The third kappa shape index (κ3) is 3.16. The highest BCUT2D eigenvalue weighted by atomic mass is 32.2. The summed E-state index contributed by atoms with van der Waals surface area (Å²) in [5.74, 6) is -3.04. The van der Waals surface area contributed by atoms with Gasteiger partial charge in [0.05, 0.1) is 29.8 Å². The van der Waals surface area contributed by atoms with Crippen LogP contribution in [0.5, 0.6) is 0 Å². The Morgan fingerprint density at radius 1 is 0.964 bits per heavy atom. The minimum Gasteiger partial charge on any atom is -0.464 e. The highest BCUT2D eigenvalue weighted by molar-refractivity contribution is 7.89. The molecule has 0 saturated carbocycles. The molecule has 0 amide bonds. The number of sulfonamides is 1. The van der Waals surface area contributed by atoms with Crippen molar-refractivity contribution in [3.05, 3.63) is 54.3 Å². The molecule has 0 aliphatic carbocycles. The van der Waals surface area contributed by atoms with Crippen LogP contribution in [0, 0.1) is 0 Å². The third-order valence-electron chi connectivity index (χ3n) is 4.50. The SMILES string of the molecule is O=S(=O)(c1ccc(-c2cc(C(F)(F)F)c3occc3c2)cc1)N1CC(F)(F)C1. The minimum atomic E-state index is -4.63. The molecule has 28 heavy (non-hydrogen) atoms. The first-order valence-electron chi connectivity index (χ1n) is 8.04. The van der Waals surface area contributed by atoms with Gasteiger partial charge in [-0.25, -0.2) is 17.2 Å². The first-order valence-corrected chi connectivity index (χ1v) is 9.48. The maximum Gasteiger partial charge on any atom is 0.420 e. The van der Waals surface area contributed by atoms with E-state index >= 15 is 0 Å². The predicted octanol–water partition coefficient (Wildman–Crippen LogP) is 4.76. The number of halogens is 5. The Bertz CT molecular complexity index is 1140. The quantitative estimate of drug-likeness (QED) is 0.578. The van der Waals surface area contributed by atoms with E-state index in [2.05, 4.69) is 0 Å². The summed E-state index contributed by atoms with van der Waals surface area (Å²) in [5, 5.41) is 0.254. The molecule has 3 aromatic rings. The number of rotatable bonds is 3. The van der Waals surface area contributed by atoms with Crippen LogP contribution < -0.4 is 0 Å². The molecule has 1 aliphatic rings. The lowest BCUT2D eigenvalue weighted by Gasteiger charge is -2.37. The number of hydrogen-bond acceptors (Lipinski definition) is 3. The molecule has 1 aliphatic heterocycles. The third-order valence-corrected chi connectivity index (χ3v) is 6.30. The van der Waals surface area contributed by atoms with Crippen molar-refractivity contribution in [3.8, 4) is 11.1 Å². The molecule has 10 heteroatoms. The molecule has 0 bridgehead atoms. The van der Waals surface area contributed by atoms with Gasteiger partial charge in [0, 0.05) is 5.39 Å². The first-order chi connectivity index (χ1) is 13.0. The molecule has 1 saturated heterocycles. The Kier molecular flexibility index (Phi) is 4.06. The summed E-state index contributed by atoms with van der Waals surface area (Å²) < 4.78 is 96.0. The highest BCUT2D eigenvalue weighted by Crippen LogP contribution is 2.39. The summed E-state index contributed by atoms with van der Waals surface area (Å²) >= 11 is 0. The van der Waals surface area contributed by atoms with E-state index in [1.54, 1.807) is 0 Å². The minimum absolute atomic E-state index is 0.202. The van der Waals surface area contributed by atoms with E-state index in [1.165, 1.54) is 36.4 Å². The fourth-order valence-electron chi connectivity index (χ4n) is 3.07. The Hall–Kier alpha value is -2.46. The van der Waals surface area contributed by atoms with E-state index in [0.717, 1.165) is 12.3 Å². The summed E-state index contributed by atoms with van der Waals surface area (Å²) in [6, 6.07) is 8.87. The average molecular weight is 417 g/mol. The summed E-state index contributed by atoms with van der Waals surface area (Å²) in [6.07, 6.45) is -3.47. The number of hydrogen-bond donors (Lipinski definition) is 0. The van der Waals surface area contributed by atoms with Crippen molar-refractivity contribution in [2.24, 2.45) is 0 Å². The van der Waals surface area contributed by atoms with E-state index in [4.69, 9.17) is 4.42 Å². The fraction of sp³-hybridized carbons (Fsp3) is 0.222. The molecule has 2 aromatic carbocycles. The standard InChI is InChI=1S/C18H12F5NO3S/c19-17(20)9-24(10-17)28(25,26)14-3-1-11(2-4-14)13-7-12-5-6-27-16(12)15(8-13)18(21,22)23/h1-8H,9-10H2. The zero-order chi connectivity index (χ0) is 20.3. The second-order valence-electron chi connectivity index (χ2n) is 6.51. The molecular formula is C18H12F5NO3S. The van der Waals surface area contributed by atoms with Crippen molar-refractivity contribution >= 4 is 21.0 Å². The molecule has 0 radical (unpaired) electrons. The maximum atomic E-state index is 13.3. The molecule has 0 spiro atoms. The Morgan fingerprint density at radius 3 is 2.18 bits per heavy atom. The van der Waals surface area contributed by atoms with Crippen LogP contribution >= 0.6 is 0 Å². The first kappa shape index (κ1) is 18.9. The molecule has 0 atom stereocenters. The number of furan rings is 1. The van der Waals surface area contributed by atoms with Crippen LogP contribution in [0.15, 0.2) is 58.0 Å². The van der Waals surface area contributed by atoms with Gasteiger partial charge in [-0.3, -0.25) is 0 Å². The van der Waals surface area contributed by atoms with Crippen LogP contribution in [0.1, 0.15) is 5.56 Å². The molecule has 4 nitrogen and oxygen atoms in total. The van der Waals surface area contributed by atoms with Crippen LogP contribution in [-0.4, -0.2) is 31.7 Å². The normalized spacial score (nSPS) is 17.6. The van der Waals surface area contributed by atoms with Gasteiger partial charge in [0.2, 0.25) is 10.0 Å². The van der Waals surface area contributed by atoms with Gasteiger partial charge in [-0.05, 0) is 41.5 Å². The zero-order valence-electron chi connectivity index (χ0n) is 14.0. The lowest BCUT2D eigenvalue weighted by atomic mass is 10.0. The average Bonchev–Trinajstić information content (AvgIpc) is 3.06. The van der Waals surface area contributed by atoms with E-state index in [9.17, 15) is 30.4 Å². The molecule has 4 rings (SSSR count). The molecular weight excluding hydrogens is 405 g/mol. The molecule has 1 aromatic heterocycles. The van der Waals surface area contributed by atoms with Crippen LogP contribution in [-0.2, 0) is 16.2 Å². The van der Waals surface area contributed by atoms with Crippen LogP contribution in [0.2, 0.25) is 0 Å². The Labute approximate surface area is 156 Å². The topological polar surface area (TPSA) is 50.5 Å². The van der Waals surface area contributed by atoms with Gasteiger partial charge in [-0.1, -0.05) is 12.1 Å². The van der Waals surface area contributed by atoms with Crippen LogP contribution in [0.25, 0.3) is 22.1 Å². The van der Waals surface area contributed by atoms with Crippen molar-refractivity contribution in [2.45, 2.75) is 17.0 Å². The van der Waals surface area contributed by atoms with Crippen molar-refractivity contribution in [1.29, 1.82) is 0 Å². The predicted molar refractivity (Wildman–Crippen MR) is 90.4 cm³/mol. The largest absolute Gasteiger partial charge is 0.464 e. The zero-order valence-corrected chi connectivity index (χ0v) is 14.8. The number of benzene rings is 2. The lowest BCUT2D eigenvalue weighted by Crippen LogP contribution is -2.58. The summed E-state index contributed by atoms with van der Waals surface area (Å²) in [5.41, 5.74) is -0.652. The van der Waals surface area contributed by atoms with Crippen LogP contribution in [0.3, 0.4) is 0 Å². The second-order valence-corrected chi connectivity index (χ2v) is 8.45. The summed E-state index contributed by atoms with van der Waals surface area (Å²) in [4.78, 5) is -0.202. The van der Waals surface area contributed by atoms with E-state index in [0.29, 0.717) is 9.87 Å². The summed E-state index contributed by atoms with van der Waals surface area (Å²) in [6.45, 7) is -1.77. The van der Waals surface area contributed by atoms with Crippen molar-refractivity contribution in [1.82, 2.24) is 4.31 Å². The Balaban J connectivity index is 1.70. The van der Waals surface area contributed by atoms with Crippen molar-refractivity contribution < 1.29 is 34.8 Å². The van der Waals surface area contributed by atoms with Gasteiger partial charge in [0.25, 0.3) is 5.92 Å². The monoisotopic (exact) mass is 417 g/mol. The van der Waals surface area contributed by atoms with Gasteiger partial charge in [-0.15, -0.1) is 0 Å². The molecule has 0 unspecified atom stereocenters. The van der Waals surface area contributed by atoms with Gasteiger partial charge in [0.15, 0.2) is 0 Å². The van der Waals surface area contributed by atoms with Crippen molar-refractivity contribution in [2.75, 3.05) is 13.1 Å². The molecule has 148 valence electrons. The van der Waals surface area contributed by atoms with Gasteiger partial charge in [-0.2, -0.15) is 17.5 Å². The lowest BCUT2D eigenvalue weighted by molar-refractivity contribution is -0.136. The van der Waals surface area contributed by atoms with E-state index in [1.807, 2.05) is 0 Å². The number of alkyl halides is 5. The van der Waals surface area contributed by atoms with Crippen molar-refractivity contribution in [3.63, 3.8) is 0 Å². The smallest absolute Gasteiger partial charge is 0.420 e.